The second kappa shape index (κ2) is 10.2. The predicted octanol–water partition coefficient (Wildman–Crippen LogP) is 3.68. The Morgan fingerprint density at radius 2 is 2.00 bits per heavy atom. The van der Waals surface area contributed by atoms with Gasteiger partial charge in [-0.2, -0.15) is 0 Å². The molecule has 1 aromatic heterocycles. The first-order valence-corrected chi connectivity index (χ1v) is 11.6. The standard InChI is InChI=1S/C23H32N4O2S/c1-5-18-8-6-7-9-20(18)25-21(28)14-26(4)23(29)17(3)27-12-10-19(11-13-27)22-24-16(2)15-30-22/h6-9,15,17,19H,5,10-14H2,1-4H3,(H,25,28). The molecule has 1 aromatic carbocycles. The lowest BCUT2D eigenvalue weighted by Gasteiger charge is -2.36. The zero-order valence-corrected chi connectivity index (χ0v) is 19.2. The van der Waals surface area contributed by atoms with Crippen LogP contribution in [-0.2, 0) is 16.0 Å². The average Bonchev–Trinajstić information content (AvgIpc) is 3.19. The van der Waals surface area contributed by atoms with Crippen LogP contribution in [0.3, 0.4) is 0 Å². The minimum absolute atomic E-state index is 0.0162. The molecule has 1 fully saturated rings. The number of carbonyl (C=O) groups excluding carboxylic acids is 2. The molecular weight excluding hydrogens is 396 g/mol. The first kappa shape index (κ1) is 22.4. The van der Waals surface area contributed by atoms with Crippen LogP contribution in [-0.4, -0.2) is 59.3 Å². The van der Waals surface area contributed by atoms with Gasteiger partial charge in [0.2, 0.25) is 11.8 Å². The summed E-state index contributed by atoms with van der Waals surface area (Å²) in [4.78, 5) is 33.8. The highest BCUT2D eigenvalue weighted by Gasteiger charge is 2.30. The van der Waals surface area contributed by atoms with Gasteiger partial charge in [0.25, 0.3) is 0 Å². The van der Waals surface area contributed by atoms with Crippen LogP contribution in [0.2, 0.25) is 0 Å². The number of rotatable bonds is 7. The molecule has 0 spiro atoms. The molecule has 1 saturated heterocycles. The normalized spacial score (nSPS) is 16.3. The quantitative estimate of drug-likeness (QED) is 0.731. The van der Waals surface area contributed by atoms with E-state index in [1.54, 1.807) is 18.4 Å². The Bertz CT molecular complexity index is 874. The second-order valence-corrected chi connectivity index (χ2v) is 8.96. The Morgan fingerprint density at radius 3 is 2.63 bits per heavy atom. The maximum Gasteiger partial charge on any atom is 0.243 e. The molecule has 30 heavy (non-hydrogen) atoms. The van der Waals surface area contributed by atoms with Gasteiger partial charge in [-0.3, -0.25) is 14.5 Å². The van der Waals surface area contributed by atoms with Crippen LogP contribution in [0, 0.1) is 6.92 Å². The van der Waals surface area contributed by atoms with Crippen LogP contribution in [0.4, 0.5) is 5.69 Å². The van der Waals surface area contributed by atoms with Crippen molar-refractivity contribution in [2.24, 2.45) is 0 Å². The zero-order chi connectivity index (χ0) is 21.7. The number of piperidine rings is 1. The van der Waals surface area contributed by atoms with E-state index in [9.17, 15) is 9.59 Å². The van der Waals surface area contributed by atoms with Gasteiger partial charge >= 0.3 is 0 Å². The summed E-state index contributed by atoms with van der Waals surface area (Å²) in [6, 6.07) is 7.54. The third kappa shape index (κ3) is 5.46. The van der Waals surface area contributed by atoms with E-state index in [1.165, 1.54) is 9.91 Å². The summed E-state index contributed by atoms with van der Waals surface area (Å²) in [5.41, 5.74) is 2.99. The number of amides is 2. The Hall–Kier alpha value is -2.25. The van der Waals surface area contributed by atoms with Crippen molar-refractivity contribution < 1.29 is 9.59 Å². The van der Waals surface area contributed by atoms with Gasteiger partial charge in [0.05, 0.1) is 17.6 Å². The van der Waals surface area contributed by atoms with E-state index in [0.29, 0.717) is 5.92 Å². The van der Waals surface area contributed by atoms with E-state index in [4.69, 9.17) is 0 Å². The van der Waals surface area contributed by atoms with Crippen molar-refractivity contribution in [1.29, 1.82) is 0 Å². The number of hydrogen-bond acceptors (Lipinski definition) is 5. The maximum atomic E-state index is 12.9. The van der Waals surface area contributed by atoms with Crippen molar-refractivity contribution in [2.75, 3.05) is 32.0 Å². The van der Waals surface area contributed by atoms with Crippen molar-refractivity contribution in [3.05, 3.63) is 45.9 Å². The molecule has 1 aliphatic heterocycles. The summed E-state index contributed by atoms with van der Waals surface area (Å²) in [5.74, 6) is 0.304. The van der Waals surface area contributed by atoms with Crippen molar-refractivity contribution in [2.45, 2.75) is 52.0 Å². The predicted molar refractivity (Wildman–Crippen MR) is 122 cm³/mol. The van der Waals surface area contributed by atoms with Gasteiger partial charge in [-0.05, 0) is 57.8 Å². The highest BCUT2D eigenvalue weighted by Crippen LogP contribution is 2.31. The molecule has 6 nitrogen and oxygen atoms in total. The van der Waals surface area contributed by atoms with Gasteiger partial charge in [0, 0.05) is 29.7 Å². The van der Waals surface area contributed by atoms with Gasteiger partial charge < -0.3 is 10.2 Å². The van der Waals surface area contributed by atoms with Crippen molar-refractivity contribution in [3.8, 4) is 0 Å². The van der Waals surface area contributed by atoms with E-state index < -0.39 is 0 Å². The lowest BCUT2D eigenvalue weighted by Crippen LogP contribution is -2.49. The number of thiazole rings is 1. The molecule has 1 N–H and O–H groups in total. The van der Waals surface area contributed by atoms with E-state index in [-0.39, 0.29) is 24.4 Å². The number of nitrogens with one attached hydrogen (secondary N) is 1. The summed E-state index contributed by atoms with van der Waals surface area (Å²) in [6.45, 7) is 7.83. The third-order valence-electron chi connectivity index (χ3n) is 5.85. The van der Waals surface area contributed by atoms with Crippen LogP contribution < -0.4 is 5.32 Å². The molecular formula is C23H32N4O2S. The highest BCUT2D eigenvalue weighted by molar-refractivity contribution is 7.09. The Balaban J connectivity index is 1.50. The van der Waals surface area contributed by atoms with Crippen molar-refractivity contribution in [1.82, 2.24) is 14.8 Å². The van der Waals surface area contributed by atoms with Gasteiger partial charge in [0.1, 0.15) is 0 Å². The Labute approximate surface area is 183 Å². The number of anilines is 1. The molecule has 0 aliphatic carbocycles. The van der Waals surface area contributed by atoms with Crippen LogP contribution in [0.1, 0.15) is 48.9 Å². The topological polar surface area (TPSA) is 65.5 Å². The fraction of sp³-hybridized carbons (Fsp3) is 0.522. The monoisotopic (exact) mass is 428 g/mol. The average molecular weight is 429 g/mol. The van der Waals surface area contributed by atoms with Crippen LogP contribution >= 0.6 is 11.3 Å². The smallest absolute Gasteiger partial charge is 0.243 e. The SMILES string of the molecule is CCc1ccccc1NC(=O)CN(C)C(=O)C(C)N1CCC(c2nc(C)cs2)CC1. The van der Waals surface area contributed by atoms with E-state index >= 15 is 0 Å². The van der Waals surface area contributed by atoms with Gasteiger partial charge in [0.15, 0.2) is 0 Å². The molecule has 162 valence electrons. The molecule has 3 rings (SSSR count). The van der Waals surface area contributed by atoms with E-state index in [0.717, 1.165) is 49.3 Å². The fourth-order valence-electron chi connectivity index (χ4n) is 4.00. The van der Waals surface area contributed by atoms with Crippen LogP contribution in [0.5, 0.6) is 0 Å². The fourth-order valence-corrected chi connectivity index (χ4v) is 4.97. The van der Waals surface area contributed by atoms with Crippen LogP contribution in [0.15, 0.2) is 29.6 Å². The minimum atomic E-state index is -0.232. The molecule has 2 aromatic rings. The first-order valence-electron chi connectivity index (χ1n) is 10.7. The second-order valence-electron chi connectivity index (χ2n) is 8.07. The van der Waals surface area contributed by atoms with Crippen LogP contribution in [0.25, 0.3) is 0 Å². The first-order chi connectivity index (χ1) is 14.4. The Kier molecular flexibility index (Phi) is 7.61. The lowest BCUT2D eigenvalue weighted by molar-refractivity contribution is -0.138. The molecule has 0 saturated carbocycles. The molecule has 0 radical (unpaired) electrons. The lowest BCUT2D eigenvalue weighted by atomic mass is 9.96. The molecule has 0 bridgehead atoms. The summed E-state index contributed by atoms with van der Waals surface area (Å²) < 4.78 is 0. The summed E-state index contributed by atoms with van der Waals surface area (Å²) in [7, 11) is 1.70. The van der Waals surface area contributed by atoms with E-state index in [2.05, 4.69) is 27.5 Å². The third-order valence-corrected chi connectivity index (χ3v) is 6.98. The van der Waals surface area contributed by atoms with Crippen molar-refractivity contribution in [3.63, 3.8) is 0 Å². The maximum absolute atomic E-state index is 12.9. The van der Waals surface area contributed by atoms with Gasteiger partial charge in [-0.15, -0.1) is 11.3 Å². The largest absolute Gasteiger partial charge is 0.335 e. The number of likely N-dealkylation sites (tertiary alicyclic amines) is 1. The number of aromatic nitrogens is 1. The van der Waals surface area contributed by atoms with Gasteiger partial charge in [-0.1, -0.05) is 25.1 Å². The van der Waals surface area contributed by atoms with Crippen molar-refractivity contribution >= 4 is 28.8 Å². The number of benzene rings is 1. The number of para-hydroxylation sites is 1. The number of carbonyl (C=O) groups is 2. The molecule has 7 heteroatoms. The molecule has 1 atom stereocenters. The molecule has 1 aliphatic rings. The molecule has 1 unspecified atom stereocenters. The number of aryl methyl sites for hydroxylation is 2. The number of nitrogens with zero attached hydrogens (tertiary/aromatic N) is 3. The van der Waals surface area contributed by atoms with Gasteiger partial charge in [-0.25, -0.2) is 4.98 Å². The summed E-state index contributed by atoms with van der Waals surface area (Å²) >= 11 is 1.74. The number of likely N-dealkylation sites (N-methyl/N-ethyl adjacent to an activating group) is 1. The minimum Gasteiger partial charge on any atom is -0.335 e. The molecule has 2 heterocycles. The highest BCUT2D eigenvalue weighted by atomic mass is 32.1. The Morgan fingerprint density at radius 1 is 1.30 bits per heavy atom. The zero-order valence-electron chi connectivity index (χ0n) is 18.4. The summed E-state index contributed by atoms with van der Waals surface area (Å²) in [6.07, 6.45) is 2.88. The number of hydrogen-bond donors (Lipinski definition) is 1. The van der Waals surface area contributed by atoms with E-state index in [1.807, 2.05) is 38.1 Å². The summed E-state index contributed by atoms with van der Waals surface area (Å²) in [5, 5.41) is 6.26. The molecule has 2 amide bonds.